The van der Waals surface area contributed by atoms with Crippen LogP contribution in [-0.2, 0) is 5.75 Å². The molecule has 0 atom stereocenters. The molecule has 0 unspecified atom stereocenters. The fourth-order valence-electron chi connectivity index (χ4n) is 1.05. The number of aromatic nitrogens is 4. The van der Waals surface area contributed by atoms with Gasteiger partial charge in [0, 0.05) is 5.75 Å². The van der Waals surface area contributed by atoms with Crippen LogP contribution in [0, 0.1) is 0 Å². The zero-order valence-corrected chi connectivity index (χ0v) is 8.66. The Labute approximate surface area is 90.7 Å². The molecular weight excluding hydrogens is 212 g/mol. The van der Waals surface area contributed by atoms with Gasteiger partial charge in [-0.05, 0) is 12.1 Å². The first kappa shape index (κ1) is 9.94. The Hall–Kier alpha value is -1.60. The largest absolute Gasteiger partial charge is 0.308 e. The topological polar surface area (TPSA) is 92.5 Å². The number of hydrazine groups is 1. The van der Waals surface area contributed by atoms with Crippen molar-refractivity contribution in [3.8, 4) is 0 Å². The van der Waals surface area contributed by atoms with Gasteiger partial charge < -0.3 is 5.43 Å². The van der Waals surface area contributed by atoms with Crippen LogP contribution in [0.3, 0.4) is 0 Å². The van der Waals surface area contributed by atoms with E-state index in [9.17, 15) is 0 Å². The Morgan fingerprint density at radius 2 is 2.40 bits per heavy atom. The van der Waals surface area contributed by atoms with Crippen LogP contribution >= 0.6 is 11.8 Å². The maximum absolute atomic E-state index is 5.26. The molecule has 2 heterocycles. The van der Waals surface area contributed by atoms with Gasteiger partial charge >= 0.3 is 0 Å². The number of H-pyrrole nitrogens is 1. The zero-order chi connectivity index (χ0) is 10.5. The number of nitrogens with one attached hydrogen (secondary N) is 2. The van der Waals surface area contributed by atoms with Crippen molar-refractivity contribution >= 4 is 17.6 Å². The highest BCUT2D eigenvalue weighted by molar-refractivity contribution is 7.98. The van der Waals surface area contributed by atoms with Crippen molar-refractivity contribution in [2.75, 3.05) is 5.43 Å². The molecule has 0 aliphatic heterocycles. The number of pyridine rings is 1. The van der Waals surface area contributed by atoms with Gasteiger partial charge in [-0.25, -0.2) is 15.8 Å². The summed E-state index contributed by atoms with van der Waals surface area (Å²) < 4.78 is 0. The van der Waals surface area contributed by atoms with Crippen molar-refractivity contribution in [3.63, 3.8) is 0 Å². The molecule has 2 aromatic rings. The van der Waals surface area contributed by atoms with Gasteiger partial charge in [0.05, 0.1) is 5.69 Å². The van der Waals surface area contributed by atoms with Crippen molar-refractivity contribution in [3.05, 3.63) is 30.2 Å². The summed E-state index contributed by atoms with van der Waals surface area (Å²) in [5, 5.41) is 7.31. The predicted octanol–water partition coefficient (Wildman–Crippen LogP) is 0.778. The highest BCUT2D eigenvalue weighted by Gasteiger charge is 2.00. The smallest absolute Gasteiger partial charge is 0.183 e. The summed E-state index contributed by atoms with van der Waals surface area (Å²) in [4.78, 5) is 8.27. The lowest BCUT2D eigenvalue weighted by Gasteiger charge is -2.01. The van der Waals surface area contributed by atoms with E-state index in [2.05, 4.69) is 25.6 Å². The van der Waals surface area contributed by atoms with E-state index in [1.54, 1.807) is 0 Å². The molecule has 0 amide bonds. The second-order valence-electron chi connectivity index (χ2n) is 2.74. The number of nitrogens with two attached hydrogens (primary N) is 1. The normalized spacial score (nSPS) is 10.2. The van der Waals surface area contributed by atoms with Crippen LogP contribution in [0.15, 0.2) is 29.7 Å². The minimum atomic E-state index is 0.658. The van der Waals surface area contributed by atoms with E-state index in [4.69, 9.17) is 5.84 Å². The fourth-order valence-corrected chi connectivity index (χ4v) is 1.73. The first-order chi connectivity index (χ1) is 7.38. The maximum Gasteiger partial charge on any atom is 0.183 e. The summed E-state index contributed by atoms with van der Waals surface area (Å²) in [6, 6.07) is 5.64. The Morgan fingerprint density at radius 3 is 3.13 bits per heavy atom. The second kappa shape index (κ2) is 4.76. The Bertz CT molecular complexity index is 415. The average molecular weight is 222 g/mol. The minimum Gasteiger partial charge on any atom is -0.308 e. The lowest BCUT2D eigenvalue weighted by atomic mass is 10.4. The predicted molar refractivity (Wildman–Crippen MR) is 58.0 cm³/mol. The molecule has 0 spiro atoms. The number of thioether (sulfide) groups is 1. The van der Waals surface area contributed by atoms with Crippen LogP contribution in [0.25, 0.3) is 0 Å². The molecular formula is C8H10N6S. The van der Waals surface area contributed by atoms with E-state index in [-0.39, 0.29) is 0 Å². The van der Waals surface area contributed by atoms with Crippen molar-refractivity contribution in [2.24, 2.45) is 5.84 Å². The van der Waals surface area contributed by atoms with Crippen molar-refractivity contribution < 1.29 is 0 Å². The molecule has 0 saturated heterocycles. The molecule has 0 fully saturated rings. The lowest BCUT2D eigenvalue weighted by molar-refractivity contribution is 0.971. The highest BCUT2D eigenvalue weighted by atomic mass is 32.2. The Kier molecular flexibility index (Phi) is 3.15. The monoisotopic (exact) mass is 222 g/mol. The van der Waals surface area contributed by atoms with Crippen LogP contribution in [0.4, 0.5) is 5.82 Å². The van der Waals surface area contributed by atoms with E-state index in [1.165, 1.54) is 18.1 Å². The third-order valence-electron chi connectivity index (χ3n) is 1.70. The summed E-state index contributed by atoms with van der Waals surface area (Å²) in [5.41, 5.74) is 3.44. The summed E-state index contributed by atoms with van der Waals surface area (Å²) in [5.74, 6) is 6.65. The van der Waals surface area contributed by atoms with E-state index in [1.807, 2.05) is 18.2 Å². The molecule has 15 heavy (non-hydrogen) atoms. The molecule has 2 rings (SSSR count). The van der Waals surface area contributed by atoms with Crippen molar-refractivity contribution in [1.29, 1.82) is 0 Å². The molecule has 4 N–H and O–H groups in total. The van der Waals surface area contributed by atoms with Crippen LogP contribution in [0.2, 0.25) is 0 Å². The first-order valence-electron chi connectivity index (χ1n) is 4.29. The van der Waals surface area contributed by atoms with Crippen molar-refractivity contribution in [1.82, 2.24) is 20.2 Å². The number of rotatable bonds is 4. The van der Waals surface area contributed by atoms with Crippen LogP contribution in [0.1, 0.15) is 5.69 Å². The molecule has 78 valence electrons. The zero-order valence-electron chi connectivity index (χ0n) is 7.84. The molecule has 0 aliphatic carbocycles. The molecule has 0 aliphatic rings. The third-order valence-corrected chi connectivity index (χ3v) is 2.61. The minimum absolute atomic E-state index is 0.658. The van der Waals surface area contributed by atoms with Crippen molar-refractivity contribution in [2.45, 2.75) is 10.9 Å². The van der Waals surface area contributed by atoms with Crippen LogP contribution in [-0.4, -0.2) is 20.2 Å². The number of hydrogen-bond acceptors (Lipinski definition) is 6. The van der Waals surface area contributed by atoms with Gasteiger partial charge in [-0.15, -0.1) is 0 Å². The van der Waals surface area contributed by atoms with Gasteiger partial charge in [-0.2, -0.15) is 5.10 Å². The molecule has 0 bridgehead atoms. The van der Waals surface area contributed by atoms with E-state index >= 15 is 0 Å². The van der Waals surface area contributed by atoms with Gasteiger partial charge in [0.15, 0.2) is 5.16 Å². The van der Waals surface area contributed by atoms with Gasteiger partial charge in [0.1, 0.15) is 12.1 Å². The van der Waals surface area contributed by atoms with Crippen LogP contribution in [0.5, 0.6) is 0 Å². The Balaban J connectivity index is 1.98. The average Bonchev–Trinajstić information content (AvgIpc) is 2.79. The molecule has 6 nitrogen and oxygen atoms in total. The summed E-state index contributed by atoms with van der Waals surface area (Å²) in [6.07, 6.45) is 1.48. The number of nitrogens with zero attached hydrogens (tertiary/aromatic N) is 3. The maximum atomic E-state index is 5.26. The molecule has 0 saturated carbocycles. The SMILES string of the molecule is NNc1cccc(CSc2ncn[nH]2)n1. The van der Waals surface area contributed by atoms with Crippen LogP contribution < -0.4 is 11.3 Å². The molecule has 0 radical (unpaired) electrons. The number of nitrogen functional groups attached to an aromatic ring is 1. The molecule has 7 heteroatoms. The molecule has 2 aromatic heterocycles. The van der Waals surface area contributed by atoms with Gasteiger partial charge in [0.25, 0.3) is 0 Å². The number of aromatic amines is 1. The van der Waals surface area contributed by atoms with E-state index in [0.717, 1.165) is 16.6 Å². The van der Waals surface area contributed by atoms with Gasteiger partial charge in [-0.1, -0.05) is 17.8 Å². The number of anilines is 1. The van der Waals surface area contributed by atoms with E-state index < -0.39 is 0 Å². The summed E-state index contributed by atoms with van der Waals surface area (Å²) in [6.45, 7) is 0. The summed E-state index contributed by atoms with van der Waals surface area (Å²) in [7, 11) is 0. The number of hydrogen-bond donors (Lipinski definition) is 3. The van der Waals surface area contributed by atoms with Gasteiger partial charge in [-0.3, -0.25) is 5.10 Å². The first-order valence-corrected chi connectivity index (χ1v) is 5.28. The Morgan fingerprint density at radius 1 is 1.47 bits per heavy atom. The highest BCUT2D eigenvalue weighted by Crippen LogP contribution is 2.17. The lowest BCUT2D eigenvalue weighted by Crippen LogP contribution is -2.08. The standard InChI is InChI=1S/C8H10N6S/c9-13-7-3-1-2-6(12-7)4-15-8-10-5-11-14-8/h1-3,5H,4,9H2,(H,12,13)(H,10,11,14). The molecule has 0 aromatic carbocycles. The van der Waals surface area contributed by atoms with Gasteiger partial charge in [0.2, 0.25) is 0 Å². The third kappa shape index (κ3) is 2.67. The quantitative estimate of drug-likeness (QED) is 0.402. The summed E-state index contributed by atoms with van der Waals surface area (Å²) >= 11 is 1.54. The fraction of sp³-hybridized carbons (Fsp3) is 0.125. The van der Waals surface area contributed by atoms with E-state index in [0.29, 0.717) is 5.82 Å². The second-order valence-corrected chi connectivity index (χ2v) is 3.70.